The quantitative estimate of drug-likeness (QED) is 0.742. The van der Waals surface area contributed by atoms with E-state index in [1.807, 2.05) is 0 Å². The van der Waals surface area contributed by atoms with Crippen LogP contribution < -0.4 is 11.1 Å². The number of hydrogen-bond acceptors (Lipinski definition) is 4. The van der Waals surface area contributed by atoms with Gasteiger partial charge in [-0.25, -0.2) is 0 Å². The molecule has 0 unspecified atom stereocenters. The summed E-state index contributed by atoms with van der Waals surface area (Å²) >= 11 is 0. The summed E-state index contributed by atoms with van der Waals surface area (Å²) in [5.74, 6) is -3.33. The Morgan fingerprint density at radius 2 is 2.00 bits per heavy atom. The van der Waals surface area contributed by atoms with Gasteiger partial charge in [-0.05, 0) is 19.8 Å². The van der Waals surface area contributed by atoms with E-state index in [0.717, 1.165) is 12.8 Å². The van der Waals surface area contributed by atoms with Gasteiger partial charge in [0.25, 0.3) is 5.91 Å². The van der Waals surface area contributed by atoms with E-state index in [1.165, 1.54) is 10.9 Å². The van der Waals surface area contributed by atoms with Crippen LogP contribution in [0.15, 0.2) is 6.20 Å². The van der Waals surface area contributed by atoms with Gasteiger partial charge >= 0.3 is 5.97 Å². The number of aromatic nitrogens is 2. The minimum atomic E-state index is -0.959. The molecule has 0 spiro atoms. The predicted octanol–water partition coefficient (Wildman–Crippen LogP) is 0.831. The van der Waals surface area contributed by atoms with Crippen LogP contribution in [0.25, 0.3) is 0 Å². The highest BCUT2D eigenvalue weighted by Gasteiger charge is 2.36. The number of carbonyl (C=O) groups excluding carboxylic acids is 2. The Bertz CT molecular complexity index is 596. The summed E-state index contributed by atoms with van der Waals surface area (Å²) in [4.78, 5) is 35.2. The van der Waals surface area contributed by atoms with Crippen LogP contribution in [0.1, 0.15) is 43.1 Å². The number of nitrogens with two attached hydrogens (primary N) is 1. The van der Waals surface area contributed by atoms with Crippen LogP contribution in [-0.4, -0.2) is 32.7 Å². The SMILES string of the molecule is CCn1ncc(NC(=O)[C@H]2CCCC[C@@H]2C(=O)O)c1C(N)=O. The van der Waals surface area contributed by atoms with Gasteiger partial charge in [0.1, 0.15) is 5.69 Å². The molecule has 1 aromatic rings. The van der Waals surface area contributed by atoms with E-state index in [-0.39, 0.29) is 11.4 Å². The van der Waals surface area contributed by atoms with Crippen LogP contribution in [0.4, 0.5) is 5.69 Å². The number of carboxylic acid groups (broad SMARTS) is 1. The van der Waals surface area contributed by atoms with Gasteiger partial charge in [-0.2, -0.15) is 5.10 Å². The smallest absolute Gasteiger partial charge is 0.307 e. The number of hydrogen-bond donors (Lipinski definition) is 3. The Hall–Kier alpha value is -2.38. The molecule has 22 heavy (non-hydrogen) atoms. The molecule has 8 nitrogen and oxygen atoms in total. The van der Waals surface area contributed by atoms with Crippen molar-refractivity contribution >= 4 is 23.5 Å². The fourth-order valence-corrected chi connectivity index (χ4v) is 2.94. The van der Waals surface area contributed by atoms with Gasteiger partial charge in [-0.15, -0.1) is 0 Å². The van der Waals surface area contributed by atoms with E-state index < -0.39 is 29.6 Å². The molecule has 4 N–H and O–H groups in total. The number of carbonyl (C=O) groups is 3. The maximum absolute atomic E-state index is 12.4. The largest absolute Gasteiger partial charge is 0.481 e. The molecular weight excluding hydrogens is 288 g/mol. The van der Waals surface area contributed by atoms with Crippen LogP contribution >= 0.6 is 0 Å². The minimum Gasteiger partial charge on any atom is -0.481 e. The predicted molar refractivity (Wildman–Crippen MR) is 78.1 cm³/mol. The van der Waals surface area contributed by atoms with Crippen molar-refractivity contribution in [2.45, 2.75) is 39.2 Å². The summed E-state index contributed by atoms with van der Waals surface area (Å²) in [5, 5.41) is 15.8. The van der Waals surface area contributed by atoms with Gasteiger partial charge in [0, 0.05) is 6.54 Å². The van der Waals surface area contributed by atoms with Gasteiger partial charge in [-0.1, -0.05) is 12.8 Å². The third-order valence-electron chi connectivity index (χ3n) is 4.05. The molecule has 2 amide bonds. The molecule has 8 heteroatoms. The number of amides is 2. The highest BCUT2D eigenvalue weighted by molar-refractivity contribution is 6.02. The van der Waals surface area contributed by atoms with Gasteiger partial charge in [0.05, 0.1) is 23.7 Å². The average Bonchev–Trinajstić information content (AvgIpc) is 2.90. The number of nitrogens with one attached hydrogen (secondary N) is 1. The third kappa shape index (κ3) is 3.10. The summed E-state index contributed by atoms with van der Waals surface area (Å²) in [6, 6.07) is 0. The number of rotatable bonds is 5. The molecule has 1 fully saturated rings. The van der Waals surface area contributed by atoms with Gasteiger partial charge in [-0.3, -0.25) is 19.1 Å². The number of aryl methyl sites for hydroxylation is 1. The lowest BCUT2D eigenvalue weighted by molar-refractivity contribution is -0.147. The first-order valence-electron chi connectivity index (χ1n) is 7.35. The molecule has 2 atom stereocenters. The lowest BCUT2D eigenvalue weighted by atomic mass is 9.78. The standard InChI is InChI=1S/C14H20N4O4/c1-2-18-11(12(15)19)10(7-16-18)17-13(20)8-5-3-4-6-9(8)14(21)22/h7-9H,2-6H2,1H3,(H2,15,19)(H,17,20)(H,21,22)/t8-,9-/m0/s1. The van der Waals surface area contributed by atoms with Crippen LogP contribution in [0.5, 0.6) is 0 Å². The zero-order valence-corrected chi connectivity index (χ0v) is 12.4. The molecule has 1 saturated carbocycles. The number of primary amides is 1. The minimum absolute atomic E-state index is 0.124. The summed E-state index contributed by atoms with van der Waals surface area (Å²) in [6.07, 6.45) is 4.00. The lowest BCUT2D eigenvalue weighted by Gasteiger charge is -2.27. The van der Waals surface area contributed by atoms with Crippen molar-refractivity contribution < 1.29 is 19.5 Å². The van der Waals surface area contributed by atoms with Gasteiger partial charge in [0.15, 0.2) is 0 Å². The van der Waals surface area contributed by atoms with Crippen LogP contribution in [0.2, 0.25) is 0 Å². The summed E-state index contributed by atoms with van der Waals surface area (Å²) < 4.78 is 1.40. The van der Waals surface area contributed by atoms with Crippen molar-refractivity contribution in [2.75, 3.05) is 5.32 Å². The molecule has 0 bridgehead atoms. The summed E-state index contributed by atoms with van der Waals surface area (Å²) in [7, 11) is 0. The van der Waals surface area contributed by atoms with Crippen LogP contribution in [-0.2, 0) is 16.1 Å². The zero-order chi connectivity index (χ0) is 16.3. The molecule has 0 aliphatic heterocycles. The molecule has 0 aromatic carbocycles. The first kappa shape index (κ1) is 16.0. The number of nitrogens with zero attached hydrogens (tertiary/aromatic N) is 2. The molecule has 1 aliphatic rings. The average molecular weight is 308 g/mol. The van der Waals surface area contributed by atoms with E-state index in [2.05, 4.69) is 10.4 Å². The van der Waals surface area contributed by atoms with Crippen LogP contribution in [0, 0.1) is 11.8 Å². The molecule has 0 saturated heterocycles. The monoisotopic (exact) mass is 308 g/mol. The van der Waals surface area contributed by atoms with Crippen molar-refractivity contribution in [1.82, 2.24) is 9.78 Å². The molecule has 0 radical (unpaired) electrons. The maximum atomic E-state index is 12.4. The Labute approximate surface area is 127 Å². The highest BCUT2D eigenvalue weighted by Crippen LogP contribution is 2.31. The second-order valence-corrected chi connectivity index (χ2v) is 5.41. The van der Waals surface area contributed by atoms with E-state index in [0.29, 0.717) is 19.4 Å². The highest BCUT2D eigenvalue weighted by atomic mass is 16.4. The van der Waals surface area contributed by atoms with Gasteiger partial charge in [0.2, 0.25) is 5.91 Å². The Kier molecular flexibility index (Phi) is 4.79. The molecule has 120 valence electrons. The first-order valence-corrected chi connectivity index (χ1v) is 7.35. The maximum Gasteiger partial charge on any atom is 0.307 e. The number of aliphatic carboxylic acids is 1. The third-order valence-corrected chi connectivity index (χ3v) is 4.05. The zero-order valence-electron chi connectivity index (χ0n) is 12.4. The molecule has 1 heterocycles. The Balaban J connectivity index is 2.19. The van der Waals surface area contributed by atoms with Gasteiger partial charge < -0.3 is 16.2 Å². The molecular formula is C14H20N4O4. The summed E-state index contributed by atoms with van der Waals surface area (Å²) in [5.41, 5.74) is 5.67. The molecule has 2 rings (SSSR count). The fraction of sp³-hybridized carbons (Fsp3) is 0.571. The first-order chi connectivity index (χ1) is 10.5. The van der Waals surface area contributed by atoms with E-state index in [1.54, 1.807) is 6.92 Å². The second kappa shape index (κ2) is 6.59. The van der Waals surface area contributed by atoms with Crippen molar-refractivity contribution in [3.05, 3.63) is 11.9 Å². The molecule has 1 aliphatic carbocycles. The Morgan fingerprint density at radius 1 is 1.36 bits per heavy atom. The van der Waals surface area contributed by atoms with Crippen molar-refractivity contribution in [3.63, 3.8) is 0 Å². The van der Waals surface area contributed by atoms with E-state index in [9.17, 15) is 19.5 Å². The van der Waals surface area contributed by atoms with Crippen molar-refractivity contribution in [1.29, 1.82) is 0 Å². The van der Waals surface area contributed by atoms with Crippen LogP contribution in [0.3, 0.4) is 0 Å². The fourth-order valence-electron chi connectivity index (χ4n) is 2.94. The van der Waals surface area contributed by atoms with E-state index >= 15 is 0 Å². The molecule has 1 aromatic heterocycles. The number of anilines is 1. The summed E-state index contributed by atoms with van der Waals surface area (Å²) in [6.45, 7) is 2.24. The lowest BCUT2D eigenvalue weighted by Crippen LogP contribution is -2.36. The van der Waals surface area contributed by atoms with Crippen molar-refractivity contribution in [3.8, 4) is 0 Å². The Morgan fingerprint density at radius 3 is 2.55 bits per heavy atom. The topological polar surface area (TPSA) is 127 Å². The van der Waals surface area contributed by atoms with Crippen molar-refractivity contribution in [2.24, 2.45) is 17.6 Å². The second-order valence-electron chi connectivity index (χ2n) is 5.41. The van der Waals surface area contributed by atoms with E-state index in [4.69, 9.17) is 5.73 Å². The normalized spacial score (nSPS) is 21.3. The number of carboxylic acids is 1.